The molecule has 0 unspecified atom stereocenters. The molecular weight excluding hydrogens is 278 g/mol. The molecule has 0 aromatic heterocycles. The maximum Gasteiger partial charge on any atom is 0.303 e. The van der Waals surface area contributed by atoms with Crippen molar-refractivity contribution in [1.29, 1.82) is 0 Å². The summed E-state index contributed by atoms with van der Waals surface area (Å²) in [6, 6.07) is 0. The number of carbonyl (C=O) groups is 2. The first-order valence-corrected chi connectivity index (χ1v) is 7.26. The van der Waals surface area contributed by atoms with E-state index in [1.165, 1.54) is 0 Å². The molecule has 1 saturated carbocycles. The molecule has 1 fully saturated rings. The molecule has 7 heteroatoms. The predicted octanol–water partition coefficient (Wildman–Crippen LogP) is -0.366. The first kappa shape index (κ1) is 17.9. The van der Waals surface area contributed by atoms with Gasteiger partial charge in [-0.25, -0.2) is 0 Å². The van der Waals surface area contributed by atoms with E-state index in [9.17, 15) is 24.9 Å². The Morgan fingerprint density at radius 1 is 0.952 bits per heavy atom. The Balaban J connectivity index is 2.74. The van der Waals surface area contributed by atoms with E-state index in [-0.39, 0.29) is 12.8 Å². The van der Waals surface area contributed by atoms with Crippen molar-refractivity contribution in [3.05, 3.63) is 0 Å². The van der Waals surface area contributed by atoms with Crippen molar-refractivity contribution < 1.29 is 30.0 Å². The van der Waals surface area contributed by atoms with Crippen LogP contribution in [0.5, 0.6) is 0 Å². The molecule has 0 spiro atoms. The Kier molecular flexibility index (Phi) is 6.57. The van der Waals surface area contributed by atoms with Crippen LogP contribution >= 0.6 is 0 Å². The van der Waals surface area contributed by atoms with Gasteiger partial charge >= 0.3 is 5.97 Å². The lowest BCUT2D eigenvalue weighted by Crippen LogP contribution is -2.57. The highest BCUT2D eigenvalue weighted by molar-refractivity contribution is 5.79. The molecule has 0 saturated heterocycles. The minimum absolute atomic E-state index is 0.0288. The average molecular weight is 303 g/mol. The van der Waals surface area contributed by atoms with Crippen molar-refractivity contribution in [3.63, 3.8) is 0 Å². The molecule has 122 valence electrons. The second kappa shape index (κ2) is 7.72. The Bertz CT molecular complexity index is 352. The number of nitrogens with one attached hydrogen (secondary N) is 1. The lowest BCUT2D eigenvalue weighted by atomic mass is 9.69. The number of aliphatic hydroxyl groups excluding tert-OH is 3. The third kappa shape index (κ3) is 4.94. The number of rotatable bonds is 8. The first-order chi connectivity index (χ1) is 9.91. The Morgan fingerprint density at radius 2 is 1.48 bits per heavy atom. The van der Waals surface area contributed by atoms with Crippen molar-refractivity contribution in [2.24, 2.45) is 5.41 Å². The van der Waals surface area contributed by atoms with Crippen molar-refractivity contribution in [3.8, 4) is 0 Å². The summed E-state index contributed by atoms with van der Waals surface area (Å²) >= 11 is 0. The normalized spacial score (nSPS) is 18.2. The standard InChI is InChI=1S/C14H25NO6/c16-8-14(9-17,10-18)15-11(19)6-13(7-12(20)21)4-2-1-3-5-13/h16-18H,1-10H2,(H,15,19)(H,20,21). The second-order valence-corrected chi connectivity index (χ2v) is 6.11. The molecule has 1 rings (SSSR count). The molecule has 1 aliphatic carbocycles. The van der Waals surface area contributed by atoms with Crippen LogP contribution in [-0.2, 0) is 9.59 Å². The zero-order valence-corrected chi connectivity index (χ0v) is 12.2. The summed E-state index contributed by atoms with van der Waals surface area (Å²) in [5.74, 6) is -1.38. The Labute approximate surface area is 124 Å². The van der Waals surface area contributed by atoms with E-state index in [0.717, 1.165) is 19.3 Å². The van der Waals surface area contributed by atoms with Gasteiger partial charge in [0.1, 0.15) is 5.54 Å². The lowest BCUT2D eigenvalue weighted by molar-refractivity contribution is -0.141. The fraction of sp³-hybridized carbons (Fsp3) is 0.857. The van der Waals surface area contributed by atoms with E-state index in [1.54, 1.807) is 0 Å². The van der Waals surface area contributed by atoms with Gasteiger partial charge in [-0.1, -0.05) is 19.3 Å². The van der Waals surface area contributed by atoms with E-state index >= 15 is 0 Å². The number of carboxylic acids is 1. The van der Waals surface area contributed by atoms with Crippen LogP contribution in [0.3, 0.4) is 0 Å². The molecule has 5 N–H and O–H groups in total. The number of hydrogen-bond donors (Lipinski definition) is 5. The number of hydrogen-bond acceptors (Lipinski definition) is 5. The fourth-order valence-electron chi connectivity index (χ4n) is 2.99. The lowest BCUT2D eigenvalue weighted by Gasteiger charge is -2.37. The first-order valence-electron chi connectivity index (χ1n) is 7.26. The van der Waals surface area contributed by atoms with Gasteiger partial charge in [0.15, 0.2) is 0 Å². The molecule has 1 aliphatic rings. The van der Waals surface area contributed by atoms with Crippen molar-refractivity contribution in [1.82, 2.24) is 5.32 Å². The summed E-state index contributed by atoms with van der Waals surface area (Å²) in [6.07, 6.45) is 4.15. The summed E-state index contributed by atoms with van der Waals surface area (Å²) in [6.45, 7) is -1.76. The van der Waals surface area contributed by atoms with Crippen LogP contribution in [-0.4, -0.2) is 57.7 Å². The van der Waals surface area contributed by atoms with Gasteiger partial charge < -0.3 is 25.7 Å². The molecule has 0 atom stereocenters. The minimum atomic E-state index is -1.46. The molecule has 21 heavy (non-hydrogen) atoms. The Morgan fingerprint density at radius 3 is 1.90 bits per heavy atom. The van der Waals surface area contributed by atoms with Gasteiger partial charge in [-0.2, -0.15) is 0 Å². The third-order valence-electron chi connectivity index (χ3n) is 4.29. The van der Waals surface area contributed by atoms with Crippen molar-refractivity contribution >= 4 is 11.9 Å². The van der Waals surface area contributed by atoms with Crippen LogP contribution in [0.4, 0.5) is 0 Å². The summed E-state index contributed by atoms with van der Waals surface area (Å²) in [4.78, 5) is 23.2. The Hall–Kier alpha value is -1.18. The molecular formula is C14H25NO6. The van der Waals surface area contributed by atoms with Crippen LogP contribution in [0.15, 0.2) is 0 Å². The number of carboxylic acid groups (broad SMARTS) is 1. The zero-order valence-electron chi connectivity index (χ0n) is 12.2. The highest BCUT2D eigenvalue weighted by atomic mass is 16.4. The van der Waals surface area contributed by atoms with E-state index in [4.69, 9.17) is 5.11 Å². The van der Waals surface area contributed by atoms with Gasteiger partial charge in [-0.05, 0) is 18.3 Å². The molecule has 0 aliphatic heterocycles. The molecule has 1 amide bonds. The monoisotopic (exact) mass is 303 g/mol. The van der Waals surface area contributed by atoms with Crippen LogP contribution in [0.25, 0.3) is 0 Å². The van der Waals surface area contributed by atoms with Gasteiger partial charge in [-0.3, -0.25) is 9.59 Å². The van der Waals surface area contributed by atoms with Gasteiger partial charge in [-0.15, -0.1) is 0 Å². The van der Waals surface area contributed by atoms with Gasteiger partial charge in [0, 0.05) is 6.42 Å². The zero-order chi connectivity index (χ0) is 15.9. The molecule has 7 nitrogen and oxygen atoms in total. The largest absolute Gasteiger partial charge is 0.481 e. The molecule has 0 radical (unpaired) electrons. The maximum absolute atomic E-state index is 12.2. The van der Waals surface area contributed by atoms with E-state index in [0.29, 0.717) is 12.8 Å². The summed E-state index contributed by atoms with van der Waals surface area (Å²) in [5.41, 5.74) is -2.03. The number of aliphatic carboxylic acids is 1. The minimum Gasteiger partial charge on any atom is -0.481 e. The van der Waals surface area contributed by atoms with Crippen LogP contribution in [0.1, 0.15) is 44.9 Å². The number of aliphatic hydroxyl groups is 3. The summed E-state index contributed by atoms with van der Waals surface area (Å²) in [5, 5.41) is 39.1. The van der Waals surface area contributed by atoms with E-state index in [1.807, 2.05) is 0 Å². The quantitative estimate of drug-likeness (QED) is 0.416. The van der Waals surface area contributed by atoms with Crippen LogP contribution < -0.4 is 5.32 Å². The predicted molar refractivity (Wildman–Crippen MR) is 74.5 cm³/mol. The van der Waals surface area contributed by atoms with Crippen molar-refractivity contribution in [2.75, 3.05) is 19.8 Å². The molecule has 0 aromatic carbocycles. The van der Waals surface area contributed by atoms with Crippen molar-refractivity contribution in [2.45, 2.75) is 50.5 Å². The van der Waals surface area contributed by atoms with Crippen LogP contribution in [0, 0.1) is 5.41 Å². The molecule has 0 aromatic rings. The smallest absolute Gasteiger partial charge is 0.303 e. The van der Waals surface area contributed by atoms with Gasteiger partial charge in [0.25, 0.3) is 0 Å². The highest BCUT2D eigenvalue weighted by Crippen LogP contribution is 2.42. The van der Waals surface area contributed by atoms with E-state index in [2.05, 4.69) is 5.32 Å². The molecule has 0 heterocycles. The highest BCUT2D eigenvalue weighted by Gasteiger charge is 2.38. The second-order valence-electron chi connectivity index (χ2n) is 6.11. The molecule has 0 bridgehead atoms. The number of carbonyl (C=O) groups excluding carboxylic acids is 1. The van der Waals surface area contributed by atoms with Gasteiger partial charge in [0.05, 0.1) is 26.2 Å². The SMILES string of the molecule is O=C(O)CC1(CC(=O)NC(CO)(CO)CO)CCCCC1. The topological polar surface area (TPSA) is 127 Å². The summed E-state index contributed by atoms with van der Waals surface area (Å²) < 4.78 is 0. The number of amides is 1. The van der Waals surface area contributed by atoms with Gasteiger partial charge in [0.2, 0.25) is 5.91 Å². The van der Waals surface area contributed by atoms with E-state index < -0.39 is 42.7 Å². The average Bonchev–Trinajstić information content (AvgIpc) is 2.44. The van der Waals surface area contributed by atoms with Crippen LogP contribution in [0.2, 0.25) is 0 Å². The third-order valence-corrected chi connectivity index (χ3v) is 4.29. The fourth-order valence-corrected chi connectivity index (χ4v) is 2.99. The maximum atomic E-state index is 12.2. The summed E-state index contributed by atoms with van der Waals surface area (Å²) in [7, 11) is 0.